The van der Waals surface area contributed by atoms with Crippen molar-refractivity contribution in [3.63, 3.8) is 0 Å². The van der Waals surface area contributed by atoms with Crippen molar-refractivity contribution in [1.82, 2.24) is 0 Å². The van der Waals surface area contributed by atoms with Gasteiger partial charge >= 0.3 is 5.97 Å². The Kier molecular flexibility index (Phi) is 4.99. The SMILES string of the molecule is [CH2]CCC(CC)C(=O)OC. The van der Waals surface area contributed by atoms with Gasteiger partial charge < -0.3 is 4.74 Å². The van der Waals surface area contributed by atoms with E-state index in [9.17, 15) is 4.79 Å². The molecule has 0 aliphatic carbocycles. The molecule has 59 valence electrons. The van der Waals surface area contributed by atoms with Gasteiger partial charge in [-0.05, 0) is 12.8 Å². The first-order valence-electron chi connectivity index (χ1n) is 3.63. The molecule has 0 aromatic rings. The smallest absolute Gasteiger partial charge is 0.308 e. The van der Waals surface area contributed by atoms with Gasteiger partial charge in [0.1, 0.15) is 0 Å². The number of carbonyl (C=O) groups excluding carboxylic acids is 1. The van der Waals surface area contributed by atoms with Crippen molar-refractivity contribution in [1.29, 1.82) is 0 Å². The van der Waals surface area contributed by atoms with Crippen molar-refractivity contribution < 1.29 is 9.53 Å². The minimum Gasteiger partial charge on any atom is -0.469 e. The largest absolute Gasteiger partial charge is 0.469 e. The number of methoxy groups -OCH3 is 1. The number of hydrogen-bond donors (Lipinski definition) is 0. The minimum absolute atomic E-state index is 0.0579. The Labute approximate surface area is 62.6 Å². The lowest BCUT2D eigenvalue weighted by Crippen LogP contribution is -2.14. The Hall–Kier alpha value is -0.530. The monoisotopic (exact) mass is 143 g/mol. The van der Waals surface area contributed by atoms with Crippen LogP contribution in [0.4, 0.5) is 0 Å². The number of hydrogen-bond acceptors (Lipinski definition) is 2. The molecule has 2 heteroatoms. The van der Waals surface area contributed by atoms with Gasteiger partial charge in [0.2, 0.25) is 0 Å². The van der Waals surface area contributed by atoms with Gasteiger partial charge in [-0.2, -0.15) is 0 Å². The van der Waals surface area contributed by atoms with Gasteiger partial charge in [0.25, 0.3) is 0 Å². The van der Waals surface area contributed by atoms with Gasteiger partial charge in [0.15, 0.2) is 0 Å². The fourth-order valence-corrected chi connectivity index (χ4v) is 0.902. The molecule has 0 aliphatic rings. The normalized spacial score (nSPS) is 12.7. The maximum atomic E-state index is 10.9. The molecule has 1 atom stereocenters. The molecule has 0 saturated carbocycles. The summed E-state index contributed by atoms with van der Waals surface area (Å²) < 4.78 is 4.59. The molecule has 0 aromatic heterocycles. The molecule has 0 rings (SSSR count). The first kappa shape index (κ1) is 9.47. The maximum absolute atomic E-state index is 10.9. The molecule has 0 fully saturated rings. The van der Waals surface area contributed by atoms with Gasteiger partial charge in [-0.25, -0.2) is 0 Å². The molecule has 0 saturated heterocycles. The lowest BCUT2D eigenvalue weighted by molar-refractivity contribution is -0.145. The van der Waals surface area contributed by atoms with Gasteiger partial charge in [-0.1, -0.05) is 20.3 Å². The van der Waals surface area contributed by atoms with Crippen LogP contribution in [0.5, 0.6) is 0 Å². The average Bonchev–Trinajstić information content (AvgIpc) is 1.99. The summed E-state index contributed by atoms with van der Waals surface area (Å²) >= 11 is 0. The van der Waals surface area contributed by atoms with Crippen LogP contribution in [0.1, 0.15) is 26.2 Å². The number of rotatable bonds is 4. The summed E-state index contributed by atoms with van der Waals surface area (Å²) in [6, 6.07) is 0. The lowest BCUT2D eigenvalue weighted by Gasteiger charge is -2.09. The maximum Gasteiger partial charge on any atom is 0.308 e. The van der Waals surface area contributed by atoms with Crippen molar-refractivity contribution >= 4 is 5.97 Å². The summed E-state index contributed by atoms with van der Waals surface area (Å²) in [4.78, 5) is 10.9. The quantitative estimate of drug-likeness (QED) is 0.561. The summed E-state index contributed by atoms with van der Waals surface area (Å²) in [5, 5.41) is 0. The van der Waals surface area contributed by atoms with Crippen LogP contribution >= 0.6 is 0 Å². The molecular weight excluding hydrogens is 128 g/mol. The second kappa shape index (κ2) is 5.27. The summed E-state index contributed by atoms with van der Waals surface area (Å²) in [5.74, 6) is -0.0475. The van der Waals surface area contributed by atoms with E-state index < -0.39 is 0 Å². The molecule has 1 radical (unpaired) electrons. The van der Waals surface area contributed by atoms with Gasteiger partial charge in [-0.3, -0.25) is 4.79 Å². The third kappa shape index (κ3) is 2.85. The Morgan fingerprint density at radius 1 is 1.70 bits per heavy atom. The van der Waals surface area contributed by atoms with E-state index in [0.717, 1.165) is 19.3 Å². The molecule has 0 aliphatic heterocycles. The van der Waals surface area contributed by atoms with Crippen LogP contribution in [-0.2, 0) is 9.53 Å². The van der Waals surface area contributed by atoms with Crippen LogP contribution in [0.25, 0.3) is 0 Å². The second-order valence-electron chi connectivity index (χ2n) is 2.27. The summed E-state index contributed by atoms with van der Waals surface area (Å²) in [6.45, 7) is 5.67. The Morgan fingerprint density at radius 2 is 2.30 bits per heavy atom. The standard InChI is InChI=1S/C8H15O2/c1-4-6-7(5-2)8(9)10-3/h7H,1,4-6H2,2-3H3. The van der Waals surface area contributed by atoms with E-state index in [-0.39, 0.29) is 11.9 Å². The van der Waals surface area contributed by atoms with Gasteiger partial charge in [0, 0.05) is 0 Å². The fraction of sp³-hybridized carbons (Fsp3) is 0.750. The molecule has 0 spiro atoms. The molecule has 2 nitrogen and oxygen atoms in total. The Morgan fingerprint density at radius 3 is 2.60 bits per heavy atom. The molecule has 0 heterocycles. The number of esters is 1. The second-order valence-corrected chi connectivity index (χ2v) is 2.27. The van der Waals surface area contributed by atoms with Crippen LogP contribution in [0.3, 0.4) is 0 Å². The van der Waals surface area contributed by atoms with E-state index >= 15 is 0 Å². The average molecular weight is 143 g/mol. The molecule has 0 N–H and O–H groups in total. The molecule has 0 amide bonds. The Balaban J connectivity index is 3.68. The van der Waals surface area contributed by atoms with E-state index in [1.807, 2.05) is 6.92 Å². The highest BCUT2D eigenvalue weighted by molar-refractivity contribution is 5.72. The zero-order chi connectivity index (χ0) is 7.98. The van der Waals surface area contributed by atoms with Gasteiger partial charge in [0.05, 0.1) is 13.0 Å². The topological polar surface area (TPSA) is 26.3 Å². The Bertz CT molecular complexity index is 99.4. The van der Waals surface area contributed by atoms with Crippen molar-refractivity contribution in [3.05, 3.63) is 6.92 Å². The highest BCUT2D eigenvalue weighted by Gasteiger charge is 2.14. The number of ether oxygens (including phenoxy) is 1. The summed E-state index contributed by atoms with van der Waals surface area (Å²) in [6.07, 6.45) is 2.49. The lowest BCUT2D eigenvalue weighted by atomic mass is 10.0. The number of carbonyl (C=O) groups is 1. The van der Waals surface area contributed by atoms with Crippen molar-refractivity contribution in [3.8, 4) is 0 Å². The minimum atomic E-state index is -0.105. The van der Waals surface area contributed by atoms with E-state index in [2.05, 4.69) is 11.7 Å². The molecule has 10 heavy (non-hydrogen) atoms. The highest BCUT2D eigenvalue weighted by atomic mass is 16.5. The third-order valence-electron chi connectivity index (χ3n) is 1.58. The van der Waals surface area contributed by atoms with Crippen LogP contribution in [0, 0.1) is 12.8 Å². The fourth-order valence-electron chi connectivity index (χ4n) is 0.902. The van der Waals surface area contributed by atoms with Crippen LogP contribution in [-0.4, -0.2) is 13.1 Å². The predicted octanol–water partition coefficient (Wildman–Crippen LogP) is 1.80. The molecule has 0 aromatic carbocycles. The summed E-state index contributed by atoms with van der Waals surface area (Å²) in [7, 11) is 1.42. The zero-order valence-corrected chi connectivity index (χ0v) is 6.72. The zero-order valence-electron chi connectivity index (χ0n) is 6.72. The molecule has 1 unspecified atom stereocenters. The van der Waals surface area contributed by atoms with Crippen molar-refractivity contribution in [2.45, 2.75) is 26.2 Å². The van der Waals surface area contributed by atoms with E-state index in [4.69, 9.17) is 0 Å². The van der Waals surface area contributed by atoms with Crippen LogP contribution in [0.15, 0.2) is 0 Å². The molecular formula is C8H15O2. The van der Waals surface area contributed by atoms with Crippen LogP contribution in [0.2, 0.25) is 0 Å². The van der Waals surface area contributed by atoms with Gasteiger partial charge in [-0.15, -0.1) is 0 Å². The summed E-state index contributed by atoms with van der Waals surface area (Å²) in [5.41, 5.74) is 0. The first-order chi connectivity index (χ1) is 4.76. The van der Waals surface area contributed by atoms with E-state index in [1.165, 1.54) is 7.11 Å². The predicted molar refractivity (Wildman–Crippen MR) is 40.4 cm³/mol. The third-order valence-corrected chi connectivity index (χ3v) is 1.58. The van der Waals surface area contributed by atoms with Crippen molar-refractivity contribution in [2.24, 2.45) is 5.92 Å². The molecule has 0 bridgehead atoms. The van der Waals surface area contributed by atoms with E-state index in [0.29, 0.717) is 0 Å². The first-order valence-corrected chi connectivity index (χ1v) is 3.63. The van der Waals surface area contributed by atoms with Crippen LogP contribution < -0.4 is 0 Å². The van der Waals surface area contributed by atoms with Crippen molar-refractivity contribution in [2.75, 3.05) is 7.11 Å². The highest BCUT2D eigenvalue weighted by Crippen LogP contribution is 2.11. The van der Waals surface area contributed by atoms with E-state index in [1.54, 1.807) is 0 Å².